The first-order valence-electron chi connectivity index (χ1n) is 14.3. The highest BCUT2D eigenvalue weighted by Gasteiger charge is 2.33. The quantitative estimate of drug-likeness (QED) is 0.180. The van der Waals surface area contributed by atoms with Gasteiger partial charge in [-0.25, -0.2) is 8.78 Å². The van der Waals surface area contributed by atoms with Crippen molar-refractivity contribution in [2.24, 2.45) is 11.8 Å². The highest BCUT2D eigenvalue weighted by molar-refractivity contribution is 6.06. The Bertz CT molecular complexity index is 1470. The van der Waals surface area contributed by atoms with Crippen molar-refractivity contribution in [3.63, 3.8) is 0 Å². The number of ether oxygens (including phenoxy) is 2. The second-order valence-corrected chi connectivity index (χ2v) is 11.2. The topological polar surface area (TPSA) is 118 Å². The second-order valence-electron chi connectivity index (χ2n) is 11.2. The number of fused-ring (bicyclic) bond motifs is 1. The standard InChI is InChI=1S/C31H34F4N2O7/c1-17(2)14-43-26(39)12-23(24(38)16-44-29-27(34)21(32)11-22(33)28(29)35)36-30(40)18-7-5-6-10-37(13-18)31(41)20-15-42-25-9-4-3-8-19(20)25/h3-4,8-9,11,15,17-18,23-24,38H,5-7,10,12-14,16H2,1-2H3,(H,36,40)/t18?,23-,24?/m0/s1. The minimum absolute atomic E-state index is 0.00377. The number of likely N-dealkylation sites (tertiary alicyclic amines) is 1. The fourth-order valence-electron chi connectivity index (χ4n) is 4.90. The summed E-state index contributed by atoms with van der Waals surface area (Å²) in [6.45, 7) is 3.18. The maximum atomic E-state index is 14.1. The van der Waals surface area contributed by atoms with Crippen LogP contribution in [0.5, 0.6) is 5.75 Å². The van der Waals surface area contributed by atoms with Crippen LogP contribution in [0.1, 0.15) is 49.9 Å². The van der Waals surface area contributed by atoms with E-state index >= 15 is 0 Å². The maximum Gasteiger partial charge on any atom is 0.307 e. The molecule has 2 unspecified atom stereocenters. The Balaban J connectivity index is 1.48. The first-order valence-corrected chi connectivity index (χ1v) is 14.3. The van der Waals surface area contributed by atoms with Crippen LogP contribution >= 0.6 is 0 Å². The van der Waals surface area contributed by atoms with Crippen molar-refractivity contribution < 1.29 is 50.9 Å². The number of esters is 1. The predicted molar refractivity (Wildman–Crippen MR) is 150 cm³/mol. The molecule has 1 aromatic heterocycles. The van der Waals surface area contributed by atoms with E-state index in [1.165, 1.54) is 6.26 Å². The van der Waals surface area contributed by atoms with Crippen LogP contribution in [0, 0.1) is 35.1 Å². The van der Waals surface area contributed by atoms with Crippen LogP contribution in [0.25, 0.3) is 11.0 Å². The summed E-state index contributed by atoms with van der Waals surface area (Å²) >= 11 is 0. The van der Waals surface area contributed by atoms with Gasteiger partial charge in [-0.2, -0.15) is 8.78 Å². The molecular weight excluding hydrogens is 588 g/mol. The van der Waals surface area contributed by atoms with E-state index in [4.69, 9.17) is 13.9 Å². The lowest BCUT2D eigenvalue weighted by molar-refractivity contribution is -0.146. The monoisotopic (exact) mass is 622 g/mol. The number of halogens is 4. The number of rotatable bonds is 11. The van der Waals surface area contributed by atoms with E-state index in [1.807, 2.05) is 13.8 Å². The van der Waals surface area contributed by atoms with Crippen LogP contribution in [-0.2, 0) is 14.3 Å². The molecule has 1 fully saturated rings. The van der Waals surface area contributed by atoms with Gasteiger partial charge in [0, 0.05) is 24.5 Å². The van der Waals surface area contributed by atoms with E-state index in [9.17, 15) is 37.1 Å². The molecule has 0 aliphatic carbocycles. The molecule has 2 N–H and O–H groups in total. The maximum absolute atomic E-state index is 14.1. The number of para-hydroxylation sites is 1. The van der Waals surface area contributed by atoms with Crippen LogP contribution in [0.3, 0.4) is 0 Å². The lowest BCUT2D eigenvalue weighted by Gasteiger charge is -2.28. The fraction of sp³-hybridized carbons (Fsp3) is 0.452. The Hall–Kier alpha value is -4.13. The van der Waals surface area contributed by atoms with Crippen molar-refractivity contribution in [1.29, 1.82) is 0 Å². The zero-order valence-corrected chi connectivity index (χ0v) is 24.3. The third kappa shape index (κ3) is 7.87. The first kappa shape index (κ1) is 32.8. The largest absolute Gasteiger partial charge is 0.485 e. The molecule has 0 bridgehead atoms. The van der Waals surface area contributed by atoms with Crippen LogP contribution in [0.15, 0.2) is 41.0 Å². The van der Waals surface area contributed by atoms with Crippen LogP contribution in [-0.4, -0.2) is 66.2 Å². The molecule has 0 spiro atoms. The summed E-state index contributed by atoms with van der Waals surface area (Å²) in [6, 6.07) is 5.71. The van der Waals surface area contributed by atoms with Gasteiger partial charge in [-0.05, 0) is 24.8 Å². The Morgan fingerprint density at radius 3 is 2.48 bits per heavy atom. The molecule has 13 heteroatoms. The van der Waals surface area contributed by atoms with Gasteiger partial charge >= 0.3 is 5.97 Å². The molecule has 2 heterocycles. The average Bonchev–Trinajstić information content (AvgIpc) is 3.26. The number of nitrogens with zero attached hydrogens (tertiary/aromatic N) is 1. The number of aliphatic hydroxyl groups is 1. The van der Waals surface area contributed by atoms with E-state index in [2.05, 4.69) is 5.32 Å². The van der Waals surface area contributed by atoms with Gasteiger partial charge in [0.25, 0.3) is 5.91 Å². The first-order chi connectivity index (χ1) is 21.0. The second kappa shape index (κ2) is 14.6. The number of hydrogen-bond acceptors (Lipinski definition) is 7. The van der Waals surface area contributed by atoms with Crippen LogP contribution < -0.4 is 10.1 Å². The number of carbonyl (C=O) groups is 3. The third-order valence-electron chi connectivity index (χ3n) is 7.27. The lowest BCUT2D eigenvalue weighted by atomic mass is 10.00. The van der Waals surface area contributed by atoms with E-state index in [0.29, 0.717) is 42.3 Å². The van der Waals surface area contributed by atoms with Crippen molar-refractivity contribution in [3.05, 3.63) is 65.4 Å². The van der Waals surface area contributed by atoms with Crippen molar-refractivity contribution in [2.75, 3.05) is 26.3 Å². The molecule has 1 aliphatic heterocycles. The minimum atomic E-state index is -1.80. The SMILES string of the molecule is CC(C)COC(=O)C[C@H](NC(=O)C1CCCCN(C(=O)c2coc3ccccc23)C1)C(O)COc1c(F)c(F)cc(F)c1F. The summed E-state index contributed by atoms with van der Waals surface area (Å²) in [5, 5.41) is 14.0. The molecule has 1 aliphatic rings. The molecule has 0 radical (unpaired) electrons. The Kier molecular flexibility index (Phi) is 10.8. The smallest absolute Gasteiger partial charge is 0.307 e. The number of amides is 2. The average molecular weight is 623 g/mol. The van der Waals surface area contributed by atoms with Crippen molar-refractivity contribution in [2.45, 2.75) is 51.7 Å². The van der Waals surface area contributed by atoms with Crippen molar-refractivity contribution >= 4 is 28.8 Å². The van der Waals surface area contributed by atoms with Gasteiger partial charge in [0.2, 0.25) is 17.5 Å². The lowest BCUT2D eigenvalue weighted by Crippen LogP contribution is -2.50. The summed E-state index contributed by atoms with van der Waals surface area (Å²) in [6.07, 6.45) is 0.729. The van der Waals surface area contributed by atoms with Crippen molar-refractivity contribution in [3.8, 4) is 5.75 Å². The molecule has 3 atom stereocenters. The van der Waals surface area contributed by atoms with E-state index in [0.717, 1.165) is 0 Å². The molecule has 2 aromatic carbocycles. The number of benzene rings is 2. The van der Waals surface area contributed by atoms with Gasteiger partial charge < -0.3 is 29.2 Å². The zero-order valence-electron chi connectivity index (χ0n) is 24.3. The summed E-state index contributed by atoms with van der Waals surface area (Å²) in [4.78, 5) is 41.0. The van der Waals surface area contributed by atoms with E-state index in [-0.39, 0.29) is 31.0 Å². The normalized spacial score (nSPS) is 16.8. The van der Waals surface area contributed by atoms with Gasteiger partial charge in [-0.1, -0.05) is 38.5 Å². The van der Waals surface area contributed by atoms with Crippen LogP contribution in [0.2, 0.25) is 0 Å². The highest BCUT2D eigenvalue weighted by Crippen LogP contribution is 2.28. The molecule has 44 heavy (non-hydrogen) atoms. The molecule has 3 aromatic rings. The number of furan rings is 1. The number of carbonyl (C=O) groups excluding carboxylic acids is 3. The van der Waals surface area contributed by atoms with Gasteiger partial charge in [0.1, 0.15) is 24.6 Å². The minimum Gasteiger partial charge on any atom is -0.485 e. The molecule has 0 saturated carbocycles. The van der Waals surface area contributed by atoms with E-state index < -0.39 is 72.0 Å². The Labute approximate surface area is 251 Å². The molecular formula is C31H34F4N2O7. The summed E-state index contributed by atoms with van der Waals surface area (Å²) in [5.74, 6) is -10.8. The van der Waals surface area contributed by atoms with Gasteiger partial charge in [0.05, 0.1) is 30.6 Å². The van der Waals surface area contributed by atoms with Gasteiger partial charge in [-0.3, -0.25) is 14.4 Å². The Morgan fingerprint density at radius 2 is 1.77 bits per heavy atom. The van der Waals surface area contributed by atoms with Gasteiger partial charge in [0.15, 0.2) is 17.4 Å². The molecule has 1 saturated heterocycles. The van der Waals surface area contributed by atoms with Gasteiger partial charge in [-0.15, -0.1) is 0 Å². The van der Waals surface area contributed by atoms with Crippen molar-refractivity contribution in [1.82, 2.24) is 10.2 Å². The zero-order chi connectivity index (χ0) is 32.0. The summed E-state index contributed by atoms with van der Waals surface area (Å²) < 4.78 is 71.0. The van der Waals surface area contributed by atoms with Crippen LogP contribution in [0.4, 0.5) is 17.6 Å². The predicted octanol–water partition coefficient (Wildman–Crippen LogP) is 4.75. The molecule has 4 rings (SSSR count). The van der Waals surface area contributed by atoms with E-state index in [1.54, 1.807) is 29.2 Å². The summed E-state index contributed by atoms with van der Waals surface area (Å²) in [7, 11) is 0. The fourth-order valence-corrected chi connectivity index (χ4v) is 4.90. The molecule has 9 nitrogen and oxygen atoms in total. The number of aliphatic hydroxyl groups excluding tert-OH is 1. The number of nitrogens with one attached hydrogen (secondary N) is 1. The summed E-state index contributed by atoms with van der Waals surface area (Å²) in [5.41, 5.74) is 0.900. The highest BCUT2D eigenvalue weighted by atomic mass is 19.2. The molecule has 238 valence electrons. The Morgan fingerprint density at radius 1 is 1.07 bits per heavy atom. The molecule has 2 amide bonds. The third-order valence-corrected chi connectivity index (χ3v) is 7.27. The number of hydrogen-bond donors (Lipinski definition) is 2.